The third kappa shape index (κ3) is 5.27. The molecule has 1 amide bonds. The SMILES string of the molecule is CCN1CCN(c2ccc(C(F)(F)F)cc2NC(=O)CSc2[nH]c3ccccc3[n+]2C)CC1. The van der Waals surface area contributed by atoms with Crippen molar-refractivity contribution in [3.8, 4) is 0 Å². The lowest BCUT2D eigenvalue weighted by Gasteiger charge is -2.36. The smallest absolute Gasteiger partial charge is 0.367 e. The van der Waals surface area contributed by atoms with Crippen LogP contribution < -0.4 is 14.8 Å². The molecule has 4 rings (SSSR count). The summed E-state index contributed by atoms with van der Waals surface area (Å²) in [4.78, 5) is 20.3. The molecular formula is C23H27F3N5OS+. The predicted octanol–water partition coefficient (Wildman–Crippen LogP) is 3.88. The maximum atomic E-state index is 13.3. The summed E-state index contributed by atoms with van der Waals surface area (Å²) in [5, 5.41) is 3.53. The zero-order valence-corrected chi connectivity index (χ0v) is 19.4. The number of aryl methyl sites for hydroxylation is 1. The number of amides is 1. The van der Waals surface area contributed by atoms with Gasteiger partial charge in [0.15, 0.2) is 11.0 Å². The van der Waals surface area contributed by atoms with Crippen molar-refractivity contribution in [2.45, 2.75) is 18.3 Å². The summed E-state index contributed by atoms with van der Waals surface area (Å²) < 4.78 is 42.0. The average Bonchev–Trinajstić information content (AvgIpc) is 3.13. The number of benzene rings is 2. The minimum atomic E-state index is -4.48. The number of alkyl halides is 3. The van der Waals surface area contributed by atoms with Gasteiger partial charge in [-0.3, -0.25) is 4.79 Å². The number of nitrogens with zero attached hydrogens (tertiary/aromatic N) is 3. The fraction of sp³-hybridized carbons (Fsp3) is 0.391. The van der Waals surface area contributed by atoms with Crippen LogP contribution in [-0.2, 0) is 18.0 Å². The molecule has 0 bridgehead atoms. The average molecular weight is 479 g/mol. The van der Waals surface area contributed by atoms with Gasteiger partial charge in [0.2, 0.25) is 5.91 Å². The highest BCUT2D eigenvalue weighted by Gasteiger charge is 2.32. The Kier molecular flexibility index (Phi) is 6.85. The third-order valence-electron chi connectivity index (χ3n) is 5.91. The molecule has 1 aromatic heterocycles. The number of carbonyl (C=O) groups excluding carboxylic acids is 1. The maximum Gasteiger partial charge on any atom is 0.416 e. The Morgan fingerprint density at radius 1 is 1.15 bits per heavy atom. The molecule has 0 radical (unpaired) electrons. The van der Waals surface area contributed by atoms with Crippen molar-refractivity contribution in [3.05, 3.63) is 48.0 Å². The van der Waals surface area contributed by atoms with Crippen LogP contribution in [0.15, 0.2) is 47.6 Å². The highest BCUT2D eigenvalue weighted by atomic mass is 32.2. The van der Waals surface area contributed by atoms with E-state index in [1.807, 2.05) is 40.8 Å². The highest BCUT2D eigenvalue weighted by Crippen LogP contribution is 2.36. The van der Waals surface area contributed by atoms with E-state index in [9.17, 15) is 18.0 Å². The lowest BCUT2D eigenvalue weighted by Crippen LogP contribution is -2.46. The van der Waals surface area contributed by atoms with E-state index in [1.54, 1.807) is 0 Å². The quantitative estimate of drug-likeness (QED) is 0.417. The lowest BCUT2D eigenvalue weighted by molar-refractivity contribution is -0.683. The number of rotatable bonds is 6. The molecule has 2 aromatic carbocycles. The Hall–Kier alpha value is -2.72. The minimum Gasteiger partial charge on any atom is -0.367 e. The number of hydrogen-bond acceptors (Lipinski definition) is 4. The van der Waals surface area contributed by atoms with E-state index in [4.69, 9.17) is 0 Å². The van der Waals surface area contributed by atoms with E-state index in [1.165, 1.54) is 17.8 Å². The number of H-pyrrole nitrogens is 1. The molecular weight excluding hydrogens is 451 g/mol. The van der Waals surface area contributed by atoms with Crippen LogP contribution in [0.1, 0.15) is 12.5 Å². The van der Waals surface area contributed by atoms with Gasteiger partial charge in [-0.1, -0.05) is 19.1 Å². The van der Waals surface area contributed by atoms with Crippen LogP contribution >= 0.6 is 11.8 Å². The zero-order valence-electron chi connectivity index (χ0n) is 18.6. The molecule has 0 saturated carbocycles. The number of nitrogens with one attached hydrogen (secondary N) is 2. The summed E-state index contributed by atoms with van der Waals surface area (Å²) in [7, 11) is 1.90. The van der Waals surface area contributed by atoms with Crippen molar-refractivity contribution in [1.29, 1.82) is 0 Å². The number of imidazole rings is 1. The van der Waals surface area contributed by atoms with Gasteiger partial charge in [0.05, 0.1) is 29.7 Å². The molecule has 0 unspecified atom stereocenters. The van der Waals surface area contributed by atoms with E-state index >= 15 is 0 Å². The second-order valence-corrected chi connectivity index (χ2v) is 8.96. The molecule has 6 nitrogen and oxygen atoms in total. The lowest BCUT2D eigenvalue weighted by atomic mass is 10.1. The molecule has 2 N–H and O–H groups in total. The second-order valence-electron chi connectivity index (χ2n) is 7.99. The monoisotopic (exact) mass is 478 g/mol. The predicted molar refractivity (Wildman–Crippen MR) is 125 cm³/mol. The Balaban J connectivity index is 1.51. The molecule has 176 valence electrons. The van der Waals surface area contributed by atoms with Crippen LogP contribution in [0, 0.1) is 0 Å². The number of fused-ring (bicyclic) bond motifs is 1. The number of hydrogen-bond donors (Lipinski definition) is 2. The number of aromatic amines is 1. The maximum absolute atomic E-state index is 13.3. The van der Waals surface area contributed by atoms with Crippen LogP contribution in [-0.4, -0.2) is 54.3 Å². The summed E-state index contributed by atoms with van der Waals surface area (Å²) in [6, 6.07) is 11.4. The number of anilines is 2. The number of para-hydroxylation sites is 2. The van der Waals surface area contributed by atoms with E-state index in [-0.39, 0.29) is 17.3 Å². The topological polar surface area (TPSA) is 55.2 Å². The molecule has 10 heteroatoms. The van der Waals surface area contributed by atoms with Crippen LogP contribution in [0.25, 0.3) is 11.0 Å². The first-order chi connectivity index (χ1) is 15.8. The highest BCUT2D eigenvalue weighted by molar-refractivity contribution is 7.99. The van der Waals surface area contributed by atoms with E-state index < -0.39 is 11.7 Å². The molecule has 1 saturated heterocycles. The van der Waals surface area contributed by atoms with Gasteiger partial charge in [-0.25, -0.2) is 9.55 Å². The van der Waals surface area contributed by atoms with Gasteiger partial charge in [0, 0.05) is 26.2 Å². The fourth-order valence-electron chi connectivity index (χ4n) is 4.03. The number of carbonyl (C=O) groups is 1. The van der Waals surface area contributed by atoms with Crippen LogP contribution in [0.2, 0.25) is 0 Å². The largest absolute Gasteiger partial charge is 0.416 e. The van der Waals surface area contributed by atoms with E-state index in [2.05, 4.69) is 22.1 Å². The van der Waals surface area contributed by atoms with Crippen molar-refractivity contribution in [1.82, 2.24) is 9.88 Å². The summed E-state index contributed by atoms with van der Waals surface area (Å²) >= 11 is 1.31. The Morgan fingerprint density at radius 3 is 2.55 bits per heavy atom. The molecule has 1 fully saturated rings. The number of halogens is 3. The van der Waals surface area contributed by atoms with E-state index in [0.717, 1.165) is 48.0 Å². The van der Waals surface area contributed by atoms with E-state index in [0.29, 0.717) is 18.8 Å². The van der Waals surface area contributed by atoms with Gasteiger partial charge in [0.1, 0.15) is 0 Å². The Morgan fingerprint density at radius 2 is 1.88 bits per heavy atom. The van der Waals surface area contributed by atoms with Crippen molar-refractivity contribution in [3.63, 3.8) is 0 Å². The first-order valence-corrected chi connectivity index (χ1v) is 11.8. The van der Waals surface area contributed by atoms with Crippen LogP contribution in [0.5, 0.6) is 0 Å². The molecule has 3 aromatic rings. The first kappa shape index (κ1) is 23.4. The van der Waals surface area contributed by atoms with Crippen molar-refractivity contribution >= 4 is 40.1 Å². The van der Waals surface area contributed by atoms with Crippen molar-refractivity contribution in [2.24, 2.45) is 7.05 Å². The number of piperazine rings is 1. The summed E-state index contributed by atoms with van der Waals surface area (Å²) in [6.07, 6.45) is -4.48. The Bertz CT molecular complexity index is 1140. The second kappa shape index (κ2) is 9.64. The van der Waals surface area contributed by atoms with Gasteiger partial charge in [-0.05, 0) is 48.6 Å². The molecule has 1 aliphatic heterocycles. The molecule has 1 aliphatic rings. The normalized spacial score (nSPS) is 15.2. The Labute approximate surface area is 194 Å². The van der Waals surface area contributed by atoms with Gasteiger partial charge >= 0.3 is 11.3 Å². The first-order valence-electron chi connectivity index (χ1n) is 10.8. The summed E-state index contributed by atoms with van der Waals surface area (Å²) in [5.74, 6) is -0.286. The molecule has 0 atom stereocenters. The van der Waals surface area contributed by atoms with Crippen LogP contribution in [0.4, 0.5) is 24.5 Å². The third-order valence-corrected chi connectivity index (χ3v) is 6.97. The van der Waals surface area contributed by atoms with Gasteiger partial charge < -0.3 is 15.1 Å². The summed E-state index contributed by atoms with van der Waals surface area (Å²) in [5.41, 5.74) is 2.00. The van der Waals surface area contributed by atoms with Gasteiger partial charge in [-0.2, -0.15) is 13.2 Å². The van der Waals surface area contributed by atoms with Crippen molar-refractivity contribution in [2.75, 3.05) is 48.7 Å². The number of aromatic nitrogens is 2. The van der Waals surface area contributed by atoms with Crippen molar-refractivity contribution < 1.29 is 22.5 Å². The standard InChI is InChI=1S/C23H26F3N5OS/c1-3-30-10-12-31(13-11-30)20-9-8-16(23(24,25)26)14-18(20)27-21(32)15-33-22-28-17-6-4-5-7-19(17)29(22)2/h4-9,14H,3,10-13,15H2,1-2H3,(H,27,32)/p+1. The molecule has 0 aliphatic carbocycles. The molecule has 33 heavy (non-hydrogen) atoms. The molecule has 0 spiro atoms. The zero-order chi connectivity index (χ0) is 23.6. The fourth-order valence-corrected chi connectivity index (χ4v) is 4.84. The van der Waals surface area contributed by atoms with Crippen LogP contribution in [0.3, 0.4) is 0 Å². The number of thioether (sulfide) groups is 1. The van der Waals surface area contributed by atoms with Gasteiger partial charge in [-0.15, -0.1) is 0 Å². The summed E-state index contributed by atoms with van der Waals surface area (Å²) in [6.45, 7) is 6.08. The van der Waals surface area contributed by atoms with Gasteiger partial charge in [0.25, 0.3) is 0 Å². The minimum absolute atomic E-state index is 0.0694. The molecule has 2 heterocycles. The number of likely N-dealkylation sites (N-methyl/N-ethyl adjacent to an activating group) is 1.